The minimum atomic E-state index is -0.938. The molecule has 2 amide bonds. The Balaban J connectivity index is 1.61. The van der Waals surface area contributed by atoms with E-state index in [-0.39, 0.29) is 0 Å². The lowest BCUT2D eigenvalue weighted by Gasteiger charge is -2.23. The molecule has 0 fully saturated rings. The molecule has 1 aliphatic heterocycles. The van der Waals surface area contributed by atoms with Crippen LogP contribution in [0.1, 0.15) is 22.7 Å². The van der Waals surface area contributed by atoms with E-state index >= 15 is 0 Å². The molecule has 0 saturated heterocycles. The third-order valence-electron chi connectivity index (χ3n) is 5.85. The first-order valence-corrected chi connectivity index (χ1v) is 9.75. The van der Waals surface area contributed by atoms with Crippen molar-refractivity contribution in [2.24, 2.45) is 5.73 Å². The molecular formula is C24H19F2N3O2. The summed E-state index contributed by atoms with van der Waals surface area (Å²) in [5, 5.41) is 0.516. The van der Waals surface area contributed by atoms with Crippen molar-refractivity contribution in [1.29, 1.82) is 0 Å². The van der Waals surface area contributed by atoms with Gasteiger partial charge in [-0.15, -0.1) is 0 Å². The Hall–Kier alpha value is -3.87. The van der Waals surface area contributed by atoms with Crippen LogP contribution in [-0.2, 0) is 6.54 Å². The normalized spacial score (nSPS) is 15.3. The Bertz CT molecular complexity index is 1310. The number of carbonyl (C=O) groups is 1. The van der Waals surface area contributed by atoms with Gasteiger partial charge in [-0.1, -0.05) is 24.3 Å². The number of ether oxygens (including phenoxy) is 1. The van der Waals surface area contributed by atoms with Gasteiger partial charge in [-0.05, 0) is 46.5 Å². The monoisotopic (exact) mass is 419 g/mol. The van der Waals surface area contributed by atoms with Crippen LogP contribution in [0, 0.1) is 11.6 Å². The van der Waals surface area contributed by atoms with Crippen LogP contribution in [0.15, 0.2) is 60.8 Å². The number of aromatic amines is 1. The summed E-state index contributed by atoms with van der Waals surface area (Å²) in [5.41, 5.74) is 10.7. The first kappa shape index (κ1) is 19.1. The number of hydrogen-bond donors (Lipinski definition) is 2. The third-order valence-corrected chi connectivity index (χ3v) is 5.85. The zero-order valence-corrected chi connectivity index (χ0v) is 16.7. The number of carbonyl (C=O) groups excluding carboxylic acids is 1. The molecule has 31 heavy (non-hydrogen) atoms. The van der Waals surface area contributed by atoms with Gasteiger partial charge in [0.25, 0.3) is 0 Å². The SMILES string of the molecule is COc1ccc(-c2ccc3c(c2)CN(C(N)=O)C3c2c[nH]c3cc(F)c(F)cc23)cc1. The fourth-order valence-electron chi connectivity index (χ4n) is 4.32. The topological polar surface area (TPSA) is 71.3 Å². The highest BCUT2D eigenvalue weighted by molar-refractivity contribution is 5.86. The molecule has 0 radical (unpaired) electrons. The molecule has 3 N–H and O–H groups in total. The molecule has 2 heterocycles. The Kier molecular flexibility index (Phi) is 4.39. The van der Waals surface area contributed by atoms with Crippen molar-refractivity contribution in [3.8, 4) is 16.9 Å². The van der Waals surface area contributed by atoms with Gasteiger partial charge in [0.1, 0.15) is 5.75 Å². The smallest absolute Gasteiger partial charge is 0.315 e. The highest BCUT2D eigenvalue weighted by atomic mass is 19.2. The molecular weight excluding hydrogens is 400 g/mol. The van der Waals surface area contributed by atoms with E-state index in [1.54, 1.807) is 13.3 Å². The Morgan fingerprint density at radius 1 is 1.03 bits per heavy atom. The maximum atomic E-state index is 13.9. The number of methoxy groups -OCH3 is 1. The van der Waals surface area contributed by atoms with Gasteiger partial charge >= 0.3 is 6.03 Å². The number of nitrogens with two attached hydrogens (primary N) is 1. The fraction of sp³-hybridized carbons (Fsp3) is 0.125. The van der Waals surface area contributed by atoms with E-state index in [9.17, 15) is 13.6 Å². The minimum absolute atomic E-state index is 0.329. The highest BCUT2D eigenvalue weighted by Crippen LogP contribution is 2.42. The van der Waals surface area contributed by atoms with E-state index < -0.39 is 23.7 Å². The van der Waals surface area contributed by atoms with Crippen LogP contribution in [0.4, 0.5) is 13.6 Å². The number of primary amides is 1. The second kappa shape index (κ2) is 7.12. The van der Waals surface area contributed by atoms with Crippen molar-refractivity contribution in [1.82, 2.24) is 9.88 Å². The summed E-state index contributed by atoms with van der Waals surface area (Å²) in [7, 11) is 1.62. The number of hydrogen-bond acceptors (Lipinski definition) is 2. The third kappa shape index (κ3) is 3.09. The summed E-state index contributed by atoms with van der Waals surface area (Å²) in [5.74, 6) is -1.09. The molecule has 0 spiro atoms. The Labute approximate surface area is 177 Å². The number of aromatic nitrogens is 1. The maximum absolute atomic E-state index is 13.9. The van der Waals surface area contributed by atoms with Gasteiger partial charge < -0.3 is 20.4 Å². The van der Waals surface area contributed by atoms with Crippen molar-refractivity contribution in [2.45, 2.75) is 12.6 Å². The van der Waals surface area contributed by atoms with Gasteiger partial charge in [0.05, 0.1) is 13.2 Å². The summed E-state index contributed by atoms with van der Waals surface area (Å²) < 4.78 is 32.8. The number of nitrogens with zero attached hydrogens (tertiary/aromatic N) is 1. The summed E-state index contributed by atoms with van der Waals surface area (Å²) >= 11 is 0. The second-order valence-corrected chi connectivity index (χ2v) is 7.57. The molecule has 5 rings (SSSR count). The molecule has 156 valence electrons. The summed E-state index contributed by atoms with van der Waals surface area (Å²) in [6, 6.07) is 14.9. The average molecular weight is 419 g/mol. The van der Waals surface area contributed by atoms with Crippen LogP contribution in [0.25, 0.3) is 22.0 Å². The quantitative estimate of drug-likeness (QED) is 0.485. The standard InChI is InChI=1S/C24H19F2N3O2/c1-31-16-5-2-13(3-6-16)14-4-7-17-15(8-14)12-29(24(27)30)23(17)19-11-28-22-10-21(26)20(25)9-18(19)22/h2-11,23,28H,12H2,1H3,(H2,27,30). The van der Waals surface area contributed by atoms with Gasteiger partial charge in [-0.2, -0.15) is 0 Å². The number of nitrogens with one attached hydrogen (secondary N) is 1. The molecule has 1 unspecified atom stereocenters. The number of halogens is 2. The van der Waals surface area contributed by atoms with Gasteiger partial charge in [0.15, 0.2) is 11.6 Å². The number of urea groups is 1. The van der Waals surface area contributed by atoms with Crippen LogP contribution in [0.3, 0.4) is 0 Å². The lowest BCUT2D eigenvalue weighted by molar-refractivity contribution is 0.199. The molecule has 0 bridgehead atoms. The number of rotatable bonds is 3. The van der Waals surface area contributed by atoms with E-state index in [1.165, 1.54) is 4.90 Å². The highest BCUT2D eigenvalue weighted by Gasteiger charge is 2.35. The average Bonchev–Trinajstić information content (AvgIpc) is 3.34. The Morgan fingerprint density at radius 2 is 1.74 bits per heavy atom. The van der Waals surface area contributed by atoms with Crippen LogP contribution >= 0.6 is 0 Å². The fourth-order valence-corrected chi connectivity index (χ4v) is 4.32. The molecule has 5 nitrogen and oxygen atoms in total. The molecule has 3 aromatic carbocycles. The Morgan fingerprint density at radius 3 is 2.45 bits per heavy atom. The van der Waals surface area contributed by atoms with Gasteiger partial charge in [0, 0.05) is 35.3 Å². The van der Waals surface area contributed by atoms with Gasteiger partial charge in [-0.3, -0.25) is 0 Å². The van der Waals surface area contributed by atoms with Gasteiger partial charge in [0.2, 0.25) is 0 Å². The van der Waals surface area contributed by atoms with Crippen molar-refractivity contribution in [2.75, 3.05) is 7.11 Å². The summed E-state index contributed by atoms with van der Waals surface area (Å²) in [6.45, 7) is 0.329. The predicted octanol–water partition coefficient (Wildman–Crippen LogP) is 5.11. The zero-order valence-electron chi connectivity index (χ0n) is 16.7. The first-order valence-electron chi connectivity index (χ1n) is 9.75. The van der Waals surface area contributed by atoms with E-state index in [0.717, 1.165) is 40.1 Å². The molecule has 7 heteroatoms. The van der Waals surface area contributed by atoms with Crippen LogP contribution in [-0.4, -0.2) is 23.0 Å². The predicted molar refractivity (Wildman–Crippen MR) is 114 cm³/mol. The number of H-pyrrole nitrogens is 1. The first-order chi connectivity index (χ1) is 15.0. The van der Waals surface area contributed by atoms with Crippen LogP contribution in [0.2, 0.25) is 0 Å². The van der Waals surface area contributed by atoms with E-state index in [1.807, 2.05) is 42.5 Å². The molecule has 1 aliphatic rings. The van der Waals surface area contributed by atoms with E-state index in [0.29, 0.717) is 23.0 Å². The number of amides is 2. The van der Waals surface area contributed by atoms with Crippen molar-refractivity contribution in [3.05, 3.63) is 89.1 Å². The summed E-state index contributed by atoms with van der Waals surface area (Å²) in [6.07, 6.45) is 1.68. The lowest BCUT2D eigenvalue weighted by Crippen LogP contribution is -2.34. The molecule has 1 atom stereocenters. The van der Waals surface area contributed by atoms with E-state index in [2.05, 4.69) is 4.98 Å². The molecule has 1 aromatic heterocycles. The van der Waals surface area contributed by atoms with Crippen molar-refractivity contribution >= 4 is 16.9 Å². The number of benzene rings is 3. The second-order valence-electron chi connectivity index (χ2n) is 7.57. The molecule has 0 aliphatic carbocycles. The van der Waals surface area contributed by atoms with Crippen LogP contribution in [0.5, 0.6) is 5.75 Å². The lowest BCUT2D eigenvalue weighted by atomic mass is 9.94. The minimum Gasteiger partial charge on any atom is -0.497 e. The van der Waals surface area contributed by atoms with Crippen molar-refractivity contribution in [3.63, 3.8) is 0 Å². The zero-order chi connectivity index (χ0) is 21.7. The van der Waals surface area contributed by atoms with Crippen LogP contribution < -0.4 is 10.5 Å². The molecule has 4 aromatic rings. The largest absolute Gasteiger partial charge is 0.497 e. The number of fused-ring (bicyclic) bond motifs is 2. The maximum Gasteiger partial charge on any atom is 0.315 e. The summed E-state index contributed by atoms with van der Waals surface area (Å²) in [4.78, 5) is 16.8. The molecule has 0 saturated carbocycles. The van der Waals surface area contributed by atoms with E-state index in [4.69, 9.17) is 10.5 Å². The van der Waals surface area contributed by atoms with Crippen molar-refractivity contribution < 1.29 is 18.3 Å². The van der Waals surface area contributed by atoms with Gasteiger partial charge in [-0.25, -0.2) is 13.6 Å².